The number of nitrogens with zero attached hydrogens (tertiary/aromatic N) is 4. The van der Waals surface area contributed by atoms with Gasteiger partial charge in [0.15, 0.2) is 5.82 Å². The van der Waals surface area contributed by atoms with Crippen molar-refractivity contribution in [3.63, 3.8) is 0 Å². The molecule has 1 aliphatic heterocycles. The largest absolute Gasteiger partial charge is 0.372 e. The van der Waals surface area contributed by atoms with Crippen LogP contribution in [0.4, 0.5) is 11.6 Å². The Kier molecular flexibility index (Phi) is 8.92. The van der Waals surface area contributed by atoms with Gasteiger partial charge >= 0.3 is 0 Å². The van der Waals surface area contributed by atoms with Crippen molar-refractivity contribution in [1.82, 2.24) is 20.1 Å². The number of aromatic nitrogens is 3. The minimum absolute atomic E-state index is 0. The first-order valence-corrected chi connectivity index (χ1v) is 10.4. The number of hydrogen-bond acceptors (Lipinski definition) is 5. The van der Waals surface area contributed by atoms with E-state index in [4.69, 9.17) is 0 Å². The lowest BCUT2D eigenvalue weighted by Gasteiger charge is -2.23. The van der Waals surface area contributed by atoms with E-state index in [0.717, 1.165) is 50.5 Å². The van der Waals surface area contributed by atoms with Gasteiger partial charge in [-0.3, -0.25) is 10.1 Å². The Morgan fingerprint density at radius 1 is 1.24 bits per heavy atom. The van der Waals surface area contributed by atoms with Crippen molar-refractivity contribution in [1.29, 1.82) is 0 Å². The van der Waals surface area contributed by atoms with Gasteiger partial charge in [-0.1, -0.05) is 13.3 Å². The van der Waals surface area contributed by atoms with Gasteiger partial charge in [-0.05, 0) is 63.5 Å². The van der Waals surface area contributed by atoms with Crippen molar-refractivity contribution in [2.75, 3.05) is 36.4 Å². The van der Waals surface area contributed by atoms with Crippen LogP contribution in [0.2, 0.25) is 0 Å². The fourth-order valence-corrected chi connectivity index (χ4v) is 3.58. The lowest BCUT2D eigenvalue weighted by molar-refractivity contribution is 0.102. The number of carbonyl (C=O) groups is 1. The number of anilines is 2. The zero-order valence-corrected chi connectivity index (χ0v) is 18.5. The quantitative estimate of drug-likeness (QED) is 0.682. The molecule has 2 N–H and O–H groups in total. The number of halogens is 1. The van der Waals surface area contributed by atoms with Gasteiger partial charge in [0.25, 0.3) is 5.91 Å². The number of hydrogen-bond donors (Lipinski definition) is 2. The van der Waals surface area contributed by atoms with Crippen LogP contribution in [0.1, 0.15) is 61.6 Å². The lowest BCUT2D eigenvalue weighted by Crippen LogP contribution is -2.27. The van der Waals surface area contributed by atoms with Crippen molar-refractivity contribution in [3.05, 3.63) is 35.7 Å². The van der Waals surface area contributed by atoms with Crippen LogP contribution in [-0.4, -0.2) is 46.9 Å². The van der Waals surface area contributed by atoms with E-state index in [2.05, 4.69) is 39.5 Å². The number of unbranched alkanes of at least 4 members (excludes halogenated alkanes) is 1. The standard InChI is InChI=1S/C21H32N6O.ClH/c1-4-6-15-27(5-2)18-9-7-17(8-10-18)20(28)24-21-23-19(25-26(21)3)16-11-13-22-14-12-16;/h7-10,16,22H,4-6,11-15H2,1-3H3,(H,23,24,25,28);1H. The number of nitrogens with one attached hydrogen (secondary N) is 2. The summed E-state index contributed by atoms with van der Waals surface area (Å²) in [6.45, 7) is 8.34. The number of rotatable bonds is 8. The summed E-state index contributed by atoms with van der Waals surface area (Å²) in [7, 11) is 1.82. The third-order valence-electron chi connectivity index (χ3n) is 5.37. The van der Waals surface area contributed by atoms with E-state index < -0.39 is 0 Å². The molecule has 0 radical (unpaired) electrons. The zero-order chi connectivity index (χ0) is 19.9. The molecule has 8 heteroatoms. The van der Waals surface area contributed by atoms with E-state index in [0.29, 0.717) is 17.4 Å². The predicted octanol–water partition coefficient (Wildman–Crippen LogP) is 3.58. The monoisotopic (exact) mass is 420 g/mol. The third kappa shape index (κ3) is 5.93. The molecule has 1 aromatic heterocycles. The van der Waals surface area contributed by atoms with Crippen LogP contribution in [-0.2, 0) is 7.05 Å². The summed E-state index contributed by atoms with van der Waals surface area (Å²) in [6.07, 6.45) is 4.41. The van der Waals surface area contributed by atoms with Gasteiger partial charge in [0.1, 0.15) is 0 Å². The van der Waals surface area contributed by atoms with Crippen LogP contribution in [0.15, 0.2) is 24.3 Å². The molecule has 29 heavy (non-hydrogen) atoms. The second-order valence-electron chi connectivity index (χ2n) is 7.38. The highest BCUT2D eigenvalue weighted by Gasteiger charge is 2.21. The number of amides is 1. The van der Waals surface area contributed by atoms with Gasteiger partial charge in [-0.15, -0.1) is 12.4 Å². The summed E-state index contributed by atoms with van der Waals surface area (Å²) >= 11 is 0. The van der Waals surface area contributed by atoms with Crippen LogP contribution < -0.4 is 15.5 Å². The molecule has 0 saturated carbocycles. The van der Waals surface area contributed by atoms with Crippen LogP contribution >= 0.6 is 12.4 Å². The smallest absolute Gasteiger partial charge is 0.258 e. The molecule has 0 spiro atoms. The number of benzene rings is 1. The van der Waals surface area contributed by atoms with E-state index in [1.807, 2.05) is 31.3 Å². The van der Waals surface area contributed by atoms with Gasteiger partial charge in [0.2, 0.25) is 5.95 Å². The molecule has 7 nitrogen and oxygen atoms in total. The van der Waals surface area contributed by atoms with Gasteiger partial charge in [-0.25, -0.2) is 4.68 Å². The van der Waals surface area contributed by atoms with Gasteiger partial charge in [0.05, 0.1) is 0 Å². The Bertz CT molecular complexity index is 770. The van der Waals surface area contributed by atoms with Crippen molar-refractivity contribution >= 4 is 29.9 Å². The zero-order valence-electron chi connectivity index (χ0n) is 17.6. The van der Waals surface area contributed by atoms with Crippen molar-refractivity contribution in [2.24, 2.45) is 7.05 Å². The molecule has 2 heterocycles. The molecule has 1 aliphatic rings. The Morgan fingerprint density at radius 2 is 1.93 bits per heavy atom. The fourth-order valence-electron chi connectivity index (χ4n) is 3.58. The van der Waals surface area contributed by atoms with Crippen LogP contribution in [0.5, 0.6) is 0 Å². The molecule has 0 bridgehead atoms. The summed E-state index contributed by atoms with van der Waals surface area (Å²) in [5.41, 5.74) is 1.78. The molecule has 160 valence electrons. The molecule has 2 aromatic rings. The van der Waals surface area contributed by atoms with Crippen LogP contribution in [0.3, 0.4) is 0 Å². The summed E-state index contributed by atoms with van der Waals surface area (Å²) in [5.74, 6) is 1.53. The van der Waals surface area contributed by atoms with Crippen LogP contribution in [0.25, 0.3) is 0 Å². The van der Waals surface area contributed by atoms with E-state index in [1.165, 1.54) is 12.8 Å². The number of carbonyl (C=O) groups excluding carboxylic acids is 1. The Morgan fingerprint density at radius 3 is 2.55 bits per heavy atom. The first-order valence-electron chi connectivity index (χ1n) is 10.4. The van der Waals surface area contributed by atoms with Crippen molar-refractivity contribution < 1.29 is 4.79 Å². The maximum Gasteiger partial charge on any atom is 0.258 e. The Hall–Kier alpha value is -2.12. The molecule has 0 unspecified atom stereocenters. The maximum absolute atomic E-state index is 12.7. The van der Waals surface area contributed by atoms with E-state index in [9.17, 15) is 4.79 Å². The first kappa shape index (κ1) is 23.2. The summed E-state index contributed by atoms with van der Waals surface area (Å²) in [4.78, 5) is 19.6. The molecule has 0 atom stereocenters. The van der Waals surface area contributed by atoms with E-state index >= 15 is 0 Å². The maximum atomic E-state index is 12.7. The van der Waals surface area contributed by atoms with Crippen molar-refractivity contribution in [3.8, 4) is 0 Å². The second-order valence-corrected chi connectivity index (χ2v) is 7.38. The summed E-state index contributed by atoms with van der Waals surface area (Å²) in [5, 5.41) is 10.8. The van der Waals surface area contributed by atoms with Gasteiger partial charge in [0, 0.05) is 37.3 Å². The lowest BCUT2D eigenvalue weighted by atomic mass is 9.98. The summed E-state index contributed by atoms with van der Waals surface area (Å²) < 4.78 is 1.66. The molecule has 0 aliphatic carbocycles. The van der Waals surface area contributed by atoms with E-state index in [-0.39, 0.29) is 18.3 Å². The normalized spacial score (nSPS) is 14.3. The number of piperidine rings is 1. The molecule has 1 amide bonds. The molecule has 1 saturated heterocycles. The minimum atomic E-state index is -0.157. The predicted molar refractivity (Wildman–Crippen MR) is 120 cm³/mol. The van der Waals surface area contributed by atoms with Gasteiger partial charge < -0.3 is 10.2 Å². The fraction of sp³-hybridized carbons (Fsp3) is 0.571. The molecule has 3 rings (SSSR count). The average molecular weight is 421 g/mol. The number of aryl methyl sites for hydroxylation is 1. The highest BCUT2D eigenvalue weighted by Crippen LogP contribution is 2.23. The SMILES string of the molecule is CCCCN(CC)c1ccc(C(=O)Nc2nc(C3CCNCC3)nn2C)cc1.Cl. The highest BCUT2D eigenvalue weighted by atomic mass is 35.5. The van der Waals surface area contributed by atoms with Crippen LogP contribution in [0, 0.1) is 0 Å². The molecular weight excluding hydrogens is 388 g/mol. The third-order valence-corrected chi connectivity index (χ3v) is 5.37. The topological polar surface area (TPSA) is 75.1 Å². The Balaban J connectivity index is 0.00000300. The van der Waals surface area contributed by atoms with E-state index in [1.54, 1.807) is 4.68 Å². The summed E-state index contributed by atoms with van der Waals surface area (Å²) in [6, 6.07) is 7.79. The first-order chi connectivity index (χ1) is 13.6. The van der Waals surface area contributed by atoms with Gasteiger partial charge in [-0.2, -0.15) is 10.1 Å². The average Bonchev–Trinajstić information content (AvgIpc) is 3.10. The second kappa shape index (κ2) is 11.2. The minimum Gasteiger partial charge on any atom is -0.372 e. The van der Waals surface area contributed by atoms with Crippen molar-refractivity contribution in [2.45, 2.75) is 45.4 Å². The highest BCUT2D eigenvalue weighted by molar-refractivity contribution is 6.03. The molecular formula is C21H33ClN6O. The molecule has 1 fully saturated rings. The Labute approximate surface area is 179 Å². The molecule has 1 aromatic carbocycles.